The Morgan fingerprint density at radius 3 is 2.52 bits per heavy atom. The van der Waals surface area contributed by atoms with Crippen LogP contribution in [0.4, 0.5) is 5.69 Å². The van der Waals surface area contributed by atoms with Crippen LogP contribution >= 0.6 is 0 Å². The van der Waals surface area contributed by atoms with Crippen LogP contribution in [-0.2, 0) is 10.2 Å². The molecule has 2 aromatic rings. The number of rotatable bonds is 6. The number of carbonyl (C=O) groups excluding carboxylic acids is 1. The first-order chi connectivity index (χ1) is 13.7. The Bertz CT molecular complexity index is 948. The average molecular weight is 399 g/mol. The largest absolute Gasteiger partial charge is 0.484 e. The molecule has 1 aliphatic rings. The van der Waals surface area contributed by atoms with E-state index in [1.807, 2.05) is 12.1 Å². The molecule has 1 N–H and O–H groups in total. The molecule has 0 radical (unpaired) electrons. The second-order valence-electron chi connectivity index (χ2n) is 7.38. The third-order valence-corrected chi connectivity index (χ3v) is 4.20. The summed E-state index contributed by atoms with van der Waals surface area (Å²) in [6.07, 6.45) is 1.18. The fourth-order valence-electron chi connectivity index (χ4n) is 2.61. The van der Waals surface area contributed by atoms with Crippen molar-refractivity contribution in [3.63, 3.8) is 0 Å². The van der Waals surface area contributed by atoms with Crippen LogP contribution in [0.1, 0.15) is 31.9 Å². The zero-order chi connectivity index (χ0) is 21.0. The van der Waals surface area contributed by atoms with Crippen molar-refractivity contribution in [2.45, 2.75) is 26.2 Å². The number of amides is 1. The van der Waals surface area contributed by atoms with Gasteiger partial charge >= 0.3 is 0 Å². The van der Waals surface area contributed by atoms with Gasteiger partial charge in [0, 0.05) is 0 Å². The molecule has 0 bridgehead atoms. The molecule has 0 fully saturated rings. The molecular formula is C20H21N3O6. The van der Waals surface area contributed by atoms with E-state index >= 15 is 0 Å². The molecule has 3 rings (SSSR count). The number of hydrogen-bond acceptors (Lipinski definition) is 7. The van der Waals surface area contributed by atoms with Crippen molar-refractivity contribution in [1.29, 1.82) is 0 Å². The third kappa shape index (κ3) is 5.01. The number of benzene rings is 2. The summed E-state index contributed by atoms with van der Waals surface area (Å²) in [6, 6.07) is 10.2. The molecular weight excluding hydrogens is 378 g/mol. The second-order valence-corrected chi connectivity index (χ2v) is 7.38. The summed E-state index contributed by atoms with van der Waals surface area (Å²) in [5.41, 5.74) is 3.44. The van der Waals surface area contributed by atoms with E-state index in [1.165, 1.54) is 18.3 Å². The Balaban J connectivity index is 1.57. The van der Waals surface area contributed by atoms with Gasteiger partial charge < -0.3 is 14.2 Å². The topological polar surface area (TPSA) is 112 Å². The minimum absolute atomic E-state index is 0.00209. The molecule has 152 valence electrons. The molecule has 9 heteroatoms. The predicted molar refractivity (Wildman–Crippen MR) is 106 cm³/mol. The zero-order valence-electron chi connectivity index (χ0n) is 16.3. The standard InChI is InChI=1S/C20H21N3O6/c1-20(2,3)14-4-6-15(7-5-14)27-11-19(24)22-21-10-13-8-17-18(29-12-28-17)9-16(13)23(25)26/h4-10H,11-12H2,1-3H3,(H,22,24). The number of hydrazone groups is 1. The Labute approximate surface area is 167 Å². The highest BCUT2D eigenvalue weighted by molar-refractivity contribution is 5.88. The lowest BCUT2D eigenvalue weighted by atomic mass is 9.87. The molecule has 1 heterocycles. The van der Waals surface area contributed by atoms with Crippen molar-refractivity contribution in [1.82, 2.24) is 5.43 Å². The van der Waals surface area contributed by atoms with Crippen molar-refractivity contribution in [2.24, 2.45) is 5.10 Å². The van der Waals surface area contributed by atoms with Crippen LogP contribution in [0.2, 0.25) is 0 Å². The SMILES string of the molecule is CC(C)(C)c1ccc(OCC(=O)NN=Cc2cc3c(cc2[N+](=O)[O-])OCO3)cc1. The molecule has 9 nitrogen and oxygen atoms in total. The number of nitrogens with zero attached hydrogens (tertiary/aromatic N) is 2. The van der Waals surface area contributed by atoms with Gasteiger partial charge in [-0.1, -0.05) is 32.9 Å². The van der Waals surface area contributed by atoms with E-state index in [-0.39, 0.29) is 30.1 Å². The average Bonchev–Trinajstić information content (AvgIpc) is 3.12. The molecule has 0 saturated heterocycles. The van der Waals surface area contributed by atoms with E-state index in [4.69, 9.17) is 14.2 Å². The molecule has 0 aliphatic carbocycles. The molecule has 2 aromatic carbocycles. The van der Waals surface area contributed by atoms with Gasteiger partial charge in [0.05, 0.1) is 22.8 Å². The van der Waals surface area contributed by atoms with Gasteiger partial charge in [-0.2, -0.15) is 5.10 Å². The summed E-state index contributed by atoms with van der Waals surface area (Å²) in [5.74, 6) is 0.738. The lowest BCUT2D eigenvalue weighted by Gasteiger charge is -2.19. The fraction of sp³-hybridized carbons (Fsp3) is 0.300. The number of hydrogen-bond donors (Lipinski definition) is 1. The maximum Gasteiger partial charge on any atom is 0.282 e. The molecule has 0 atom stereocenters. The van der Waals surface area contributed by atoms with Gasteiger partial charge in [0.25, 0.3) is 11.6 Å². The van der Waals surface area contributed by atoms with Crippen LogP contribution in [0, 0.1) is 10.1 Å². The predicted octanol–water partition coefficient (Wildman–Crippen LogP) is 3.15. The van der Waals surface area contributed by atoms with Crippen LogP contribution < -0.4 is 19.6 Å². The third-order valence-electron chi connectivity index (χ3n) is 4.20. The van der Waals surface area contributed by atoms with E-state index < -0.39 is 10.8 Å². The van der Waals surface area contributed by atoms with Crippen LogP contribution in [0.3, 0.4) is 0 Å². The Hall–Kier alpha value is -3.62. The van der Waals surface area contributed by atoms with Crippen molar-refractivity contribution < 1.29 is 23.9 Å². The van der Waals surface area contributed by atoms with Crippen LogP contribution in [0.15, 0.2) is 41.5 Å². The lowest BCUT2D eigenvalue weighted by molar-refractivity contribution is -0.385. The van der Waals surface area contributed by atoms with Gasteiger partial charge in [0.15, 0.2) is 18.1 Å². The van der Waals surface area contributed by atoms with Crippen LogP contribution in [-0.4, -0.2) is 30.4 Å². The first-order valence-corrected chi connectivity index (χ1v) is 8.87. The molecule has 1 aliphatic heterocycles. The van der Waals surface area contributed by atoms with Gasteiger partial charge in [-0.05, 0) is 29.2 Å². The maximum absolute atomic E-state index is 11.9. The number of nitro groups is 1. The highest BCUT2D eigenvalue weighted by Crippen LogP contribution is 2.37. The van der Waals surface area contributed by atoms with Crippen LogP contribution in [0.5, 0.6) is 17.2 Å². The van der Waals surface area contributed by atoms with Gasteiger partial charge in [-0.3, -0.25) is 14.9 Å². The smallest absolute Gasteiger partial charge is 0.282 e. The summed E-state index contributed by atoms with van der Waals surface area (Å²) >= 11 is 0. The quantitative estimate of drug-likeness (QED) is 0.454. The normalized spacial score (nSPS) is 12.8. The Morgan fingerprint density at radius 2 is 1.90 bits per heavy atom. The van der Waals surface area contributed by atoms with Crippen molar-refractivity contribution >= 4 is 17.8 Å². The first-order valence-electron chi connectivity index (χ1n) is 8.87. The molecule has 0 spiro atoms. The molecule has 0 saturated carbocycles. The highest BCUT2D eigenvalue weighted by atomic mass is 16.7. The number of nitrogens with one attached hydrogen (secondary N) is 1. The second kappa shape index (κ2) is 8.17. The number of nitro benzene ring substituents is 1. The Morgan fingerprint density at radius 1 is 1.24 bits per heavy atom. The summed E-state index contributed by atoms with van der Waals surface area (Å²) in [6.45, 7) is 6.09. The van der Waals surface area contributed by atoms with Gasteiger partial charge in [-0.15, -0.1) is 0 Å². The molecule has 0 unspecified atom stereocenters. The first kappa shape index (κ1) is 20.1. The monoisotopic (exact) mass is 399 g/mol. The van der Waals surface area contributed by atoms with Gasteiger partial charge in [-0.25, -0.2) is 5.43 Å². The van der Waals surface area contributed by atoms with E-state index in [0.29, 0.717) is 17.2 Å². The number of ether oxygens (including phenoxy) is 3. The van der Waals surface area contributed by atoms with E-state index in [2.05, 4.69) is 31.3 Å². The number of carbonyl (C=O) groups is 1. The van der Waals surface area contributed by atoms with E-state index in [9.17, 15) is 14.9 Å². The van der Waals surface area contributed by atoms with Crippen molar-refractivity contribution in [2.75, 3.05) is 13.4 Å². The van der Waals surface area contributed by atoms with Gasteiger partial charge in [0.1, 0.15) is 5.75 Å². The van der Waals surface area contributed by atoms with E-state index in [1.54, 1.807) is 12.1 Å². The Kier molecular flexibility index (Phi) is 5.67. The number of fused-ring (bicyclic) bond motifs is 1. The van der Waals surface area contributed by atoms with Crippen LogP contribution in [0.25, 0.3) is 0 Å². The van der Waals surface area contributed by atoms with Gasteiger partial charge in [0.2, 0.25) is 6.79 Å². The summed E-state index contributed by atoms with van der Waals surface area (Å²) in [5, 5.41) is 15.0. The fourth-order valence-corrected chi connectivity index (χ4v) is 2.61. The molecule has 1 amide bonds. The molecule has 0 aromatic heterocycles. The summed E-state index contributed by atoms with van der Waals surface area (Å²) < 4.78 is 15.8. The lowest BCUT2D eigenvalue weighted by Crippen LogP contribution is -2.24. The van der Waals surface area contributed by atoms with E-state index in [0.717, 1.165) is 5.56 Å². The minimum Gasteiger partial charge on any atom is -0.484 e. The minimum atomic E-state index is -0.560. The molecule has 29 heavy (non-hydrogen) atoms. The van der Waals surface area contributed by atoms with Crippen molar-refractivity contribution in [3.8, 4) is 17.2 Å². The summed E-state index contributed by atoms with van der Waals surface area (Å²) in [7, 11) is 0. The highest BCUT2D eigenvalue weighted by Gasteiger charge is 2.22. The van der Waals surface area contributed by atoms with Crippen molar-refractivity contribution in [3.05, 3.63) is 57.6 Å². The maximum atomic E-state index is 11.9. The summed E-state index contributed by atoms with van der Waals surface area (Å²) in [4.78, 5) is 22.6. The zero-order valence-corrected chi connectivity index (χ0v) is 16.3.